The SMILES string of the molecule is O=CNCC1CCN(Cc2cc(CN3CCC(CNC=O)CC3)cc(-c3cc(Cl)cc(Cl)c3)c2)CC1. The fraction of sp³-hybridized carbons (Fsp3) is 0.500. The van der Waals surface area contributed by atoms with Crippen LogP contribution in [0.3, 0.4) is 0 Å². The van der Waals surface area contributed by atoms with Crippen LogP contribution in [0.5, 0.6) is 0 Å². The molecule has 0 unspecified atom stereocenters. The van der Waals surface area contributed by atoms with Crippen LogP contribution in [0.25, 0.3) is 11.1 Å². The van der Waals surface area contributed by atoms with Crippen LogP contribution < -0.4 is 10.6 Å². The molecule has 2 heterocycles. The molecule has 0 atom stereocenters. The summed E-state index contributed by atoms with van der Waals surface area (Å²) in [4.78, 5) is 26.3. The fourth-order valence-corrected chi connectivity index (χ4v) is 6.00. The first-order valence-corrected chi connectivity index (χ1v) is 13.7. The minimum absolute atomic E-state index is 0.562. The Labute approximate surface area is 224 Å². The molecule has 2 amide bonds. The van der Waals surface area contributed by atoms with Gasteiger partial charge in [0.05, 0.1) is 0 Å². The van der Waals surface area contributed by atoms with Gasteiger partial charge in [-0.15, -0.1) is 0 Å². The Morgan fingerprint density at radius 3 is 1.50 bits per heavy atom. The molecule has 194 valence electrons. The molecule has 2 aliphatic heterocycles. The fourth-order valence-electron chi connectivity index (χ4n) is 5.48. The van der Waals surface area contributed by atoms with Crippen molar-refractivity contribution in [3.63, 3.8) is 0 Å². The van der Waals surface area contributed by atoms with Gasteiger partial charge in [0.15, 0.2) is 0 Å². The van der Waals surface area contributed by atoms with Gasteiger partial charge in [0.25, 0.3) is 0 Å². The molecule has 0 bridgehead atoms. The Kier molecular flexibility index (Phi) is 10.0. The van der Waals surface area contributed by atoms with E-state index in [1.54, 1.807) is 6.07 Å². The Morgan fingerprint density at radius 1 is 0.667 bits per heavy atom. The normalized spacial score (nSPS) is 18.2. The van der Waals surface area contributed by atoms with Crippen LogP contribution in [0, 0.1) is 11.8 Å². The molecule has 0 aromatic heterocycles. The Balaban J connectivity index is 1.47. The number of halogens is 2. The number of carbonyl (C=O) groups is 2. The van der Waals surface area contributed by atoms with Crippen molar-refractivity contribution < 1.29 is 9.59 Å². The molecule has 0 saturated carbocycles. The van der Waals surface area contributed by atoms with Crippen molar-refractivity contribution in [2.45, 2.75) is 38.8 Å². The highest BCUT2D eigenvalue weighted by molar-refractivity contribution is 6.35. The van der Waals surface area contributed by atoms with Crippen LogP contribution in [0.4, 0.5) is 0 Å². The summed E-state index contributed by atoms with van der Waals surface area (Å²) >= 11 is 12.7. The second-order valence-electron chi connectivity index (χ2n) is 10.2. The maximum Gasteiger partial charge on any atom is 0.207 e. The molecule has 0 aliphatic carbocycles. The molecule has 8 heteroatoms. The smallest absolute Gasteiger partial charge is 0.207 e. The summed E-state index contributed by atoms with van der Waals surface area (Å²) in [6, 6.07) is 12.6. The van der Waals surface area contributed by atoms with Crippen molar-refractivity contribution in [3.8, 4) is 11.1 Å². The van der Waals surface area contributed by atoms with E-state index in [-0.39, 0.29) is 0 Å². The number of carbonyl (C=O) groups excluding carboxylic acids is 2. The molecule has 2 fully saturated rings. The molecule has 4 rings (SSSR count). The number of likely N-dealkylation sites (tertiary alicyclic amines) is 2. The minimum Gasteiger partial charge on any atom is -0.358 e. The summed E-state index contributed by atoms with van der Waals surface area (Å²) in [5.41, 5.74) is 4.77. The van der Waals surface area contributed by atoms with Gasteiger partial charge in [-0.3, -0.25) is 19.4 Å². The second kappa shape index (κ2) is 13.4. The third kappa shape index (κ3) is 7.94. The quantitative estimate of drug-likeness (QED) is 0.417. The Hall–Kier alpha value is -2.12. The standard InChI is InChI=1S/C28H36Cl2N4O2/c29-27-12-26(13-28(30)14-27)25-10-23(17-33-5-1-21(2-6-33)15-31-19-35)9-24(11-25)18-34-7-3-22(4-8-34)16-32-20-36/h9-14,19-22H,1-8,15-18H2,(H,31,35)(H,32,36). The van der Waals surface area contributed by atoms with Gasteiger partial charge in [-0.2, -0.15) is 0 Å². The van der Waals surface area contributed by atoms with Gasteiger partial charge in [0.1, 0.15) is 0 Å². The highest BCUT2D eigenvalue weighted by Crippen LogP contribution is 2.30. The van der Waals surface area contributed by atoms with Crippen LogP contribution in [0.15, 0.2) is 36.4 Å². The first kappa shape index (κ1) is 26.9. The summed E-state index contributed by atoms with van der Waals surface area (Å²) in [5, 5.41) is 6.94. The minimum atomic E-state index is 0.562. The largest absolute Gasteiger partial charge is 0.358 e. The van der Waals surface area contributed by atoms with Gasteiger partial charge >= 0.3 is 0 Å². The van der Waals surface area contributed by atoms with Crippen molar-refractivity contribution in [3.05, 3.63) is 57.6 Å². The van der Waals surface area contributed by atoms with Crippen molar-refractivity contribution in [2.75, 3.05) is 39.3 Å². The molecule has 2 aromatic rings. The zero-order valence-corrected chi connectivity index (χ0v) is 22.2. The summed E-state index contributed by atoms with van der Waals surface area (Å²) in [6.07, 6.45) is 6.00. The van der Waals surface area contributed by atoms with Gasteiger partial charge in [-0.25, -0.2) is 0 Å². The average molecular weight is 532 g/mol. The molecule has 2 aromatic carbocycles. The van der Waals surface area contributed by atoms with E-state index in [0.29, 0.717) is 21.9 Å². The molecule has 0 radical (unpaired) electrons. The Bertz CT molecular complexity index is 946. The van der Waals surface area contributed by atoms with Crippen LogP contribution in [0.1, 0.15) is 36.8 Å². The lowest BCUT2D eigenvalue weighted by atomic mass is 9.94. The van der Waals surface area contributed by atoms with E-state index in [0.717, 1.165) is 102 Å². The van der Waals surface area contributed by atoms with E-state index in [4.69, 9.17) is 23.2 Å². The van der Waals surface area contributed by atoms with Crippen LogP contribution in [-0.4, -0.2) is 61.9 Å². The van der Waals surface area contributed by atoms with E-state index in [1.807, 2.05) is 12.1 Å². The summed E-state index contributed by atoms with van der Waals surface area (Å²) in [7, 11) is 0. The lowest BCUT2D eigenvalue weighted by molar-refractivity contribution is -0.110. The first-order chi connectivity index (χ1) is 17.5. The number of nitrogens with zero attached hydrogens (tertiary/aromatic N) is 2. The number of benzene rings is 2. The highest BCUT2D eigenvalue weighted by Gasteiger charge is 2.21. The van der Waals surface area contributed by atoms with Crippen molar-refractivity contribution in [2.24, 2.45) is 11.8 Å². The van der Waals surface area contributed by atoms with Gasteiger partial charge in [-0.1, -0.05) is 29.3 Å². The Morgan fingerprint density at radius 2 is 1.08 bits per heavy atom. The molecule has 0 spiro atoms. The monoisotopic (exact) mass is 530 g/mol. The van der Waals surface area contributed by atoms with Crippen LogP contribution >= 0.6 is 23.2 Å². The van der Waals surface area contributed by atoms with E-state index < -0.39 is 0 Å². The summed E-state index contributed by atoms with van der Waals surface area (Å²) in [6.45, 7) is 7.51. The van der Waals surface area contributed by atoms with Gasteiger partial charge in [-0.05, 0) is 116 Å². The lowest BCUT2D eigenvalue weighted by Gasteiger charge is -2.33. The molecule has 36 heavy (non-hydrogen) atoms. The van der Waals surface area contributed by atoms with E-state index in [9.17, 15) is 9.59 Å². The summed E-state index contributed by atoms with van der Waals surface area (Å²) < 4.78 is 0. The van der Waals surface area contributed by atoms with Crippen molar-refractivity contribution in [1.29, 1.82) is 0 Å². The molecule has 2 N–H and O–H groups in total. The third-order valence-corrected chi connectivity index (χ3v) is 7.89. The third-order valence-electron chi connectivity index (χ3n) is 7.45. The summed E-state index contributed by atoms with van der Waals surface area (Å²) in [5.74, 6) is 1.12. The van der Waals surface area contributed by atoms with E-state index in [1.165, 1.54) is 11.1 Å². The predicted octanol–water partition coefficient (Wildman–Crippen LogP) is 4.58. The van der Waals surface area contributed by atoms with E-state index >= 15 is 0 Å². The molecule has 2 aliphatic rings. The topological polar surface area (TPSA) is 64.7 Å². The number of amides is 2. The maximum atomic E-state index is 10.6. The molecule has 6 nitrogen and oxygen atoms in total. The van der Waals surface area contributed by atoms with E-state index in [2.05, 4.69) is 38.6 Å². The van der Waals surface area contributed by atoms with Gasteiger partial charge < -0.3 is 10.6 Å². The number of hydrogen-bond donors (Lipinski definition) is 2. The zero-order chi connectivity index (χ0) is 25.3. The zero-order valence-electron chi connectivity index (χ0n) is 20.7. The van der Waals surface area contributed by atoms with Crippen LogP contribution in [0.2, 0.25) is 10.0 Å². The van der Waals surface area contributed by atoms with Crippen molar-refractivity contribution >= 4 is 36.0 Å². The maximum absolute atomic E-state index is 10.6. The number of nitrogens with one attached hydrogen (secondary N) is 2. The second-order valence-corrected chi connectivity index (χ2v) is 11.1. The first-order valence-electron chi connectivity index (χ1n) is 12.9. The van der Waals surface area contributed by atoms with Gasteiger partial charge in [0.2, 0.25) is 12.8 Å². The van der Waals surface area contributed by atoms with Crippen LogP contribution in [-0.2, 0) is 22.7 Å². The lowest BCUT2D eigenvalue weighted by Crippen LogP contribution is -2.37. The van der Waals surface area contributed by atoms with Crippen molar-refractivity contribution in [1.82, 2.24) is 20.4 Å². The number of rotatable bonds is 11. The molecule has 2 saturated heterocycles. The molecular formula is C28H36Cl2N4O2. The average Bonchev–Trinajstić information content (AvgIpc) is 2.87. The predicted molar refractivity (Wildman–Crippen MR) is 146 cm³/mol. The molecular weight excluding hydrogens is 495 g/mol. The number of piperidine rings is 2. The number of hydrogen-bond acceptors (Lipinski definition) is 4. The highest BCUT2D eigenvalue weighted by atomic mass is 35.5. The van der Waals surface area contributed by atoms with Gasteiger partial charge in [0, 0.05) is 36.2 Å².